The summed E-state index contributed by atoms with van der Waals surface area (Å²) in [5.41, 5.74) is 0.563. The van der Waals surface area contributed by atoms with Crippen molar-refractivity contribution in [1.29, 1.82) is 0 Å². The van der Waals surface area contributed by atoms with E-state index in [1.54, 1.807) is 31.4 Å². The number of nitrogens with zero attached hydrogens (tertiary/aromatic N) is 5. The third-order valence-corrected chi connectivity index (χ3v) is 3.48. The minimum atomic E-state index is -0.567. The molecule has 0 saturated carbocycles. The van der Waals surface area contributed by atoms with Gasteiger partial charge in [0.1, 0.15) is 18.1 Å². The van der Waals surface area contributed by atoms with Gasteiger partial charge in [-0.05, 0) is 24.3 Å². The number of rotatable bonds is 5. The van der Waals surface area contributed by atoms with Crippen LogP contribution in [0.2, 0.25) is 0 Å². The fraction of sp³-hybridized carbons (Fsp3) is 0.0769. The van der Waals surface area contributed by atoms with Crippen LogP contribution in [0.25, 0.3) is 11.5 Å². The van der Waals surface area contributed by atoms with Crippen molar-refractivity contribution >= 4 is 17.4 Å². The molecule has 0 N–H and O–H groups in total. The zero-order chi connectivity index (χ0) is 16.2. The smallest absolute Gasteiger partial charge is 0.305 e. The van der Waals surface area contributed by atoms with Crippen molar-refractivity contribution in [3.63, 3.8) is 0 Å². The van der Waals surface area contributed by atoms with E-state index < -0.39 is 4.92 Å². The zero-order valence-corrected chi connectivity index (χ0v) is 12.6. The average Bonchev–Trinajstić information content (AvgIpc) is 3.04. The van der Waals surface area contributed by atoms with Crippen LogP contribution < -0.4 is 4.74 Å². The summed E-state index contributed by atoms with van der Waals surface area (Å²) in [5.74, 6) is 1.07. The highest BCUT2D eigenvalue weighted by molar-refractivity contribution is 7.98. The van der Waals surface area contributed by atoms with Crippen LogP contribution in [0, 0.1) is 10.1 Å². The fourth-order valence-electron chi connectivity index (χ4n) is 1.64. The van der Waals surface area contributed by atoms with Gasteiger partial charge in [0, 0.05) is 17.3 Å². The first-order chi connectivity index (χ1) is 11.2. The second-order valence-corrected chi connectivity index (χ2v) is 5.10. The largest absolute Gasteiger partial charge is 0.497 e. The lowest BCUT2D eigenvalue weighted by atomic mass is 10.2. The van der Waals surface area contributed by atoms with Gasteiger partial charge in [-0.2, -0.15) is 0 Å². The van der Waals surface area contributed by atoms with Gasteiger partial charge in [-0.1, -0.05) is 0 Å². The van der Waals surface area contributed by atoms with Gasteiger partial charge < -0.3 is 9.15 Å². The molecule has 1 aromatic carbocycles. The van der Waals surface area contributed by atoms with E-state index >= 15 is 0 Å². The number of methoxy groups -OCH3 is 1. The minimum Gasteiger partial charge on any atom is -0.497 e. The van der Waals surface area contributed by atoms with Crippen LogP contribution in [0.15, 0.2) is 51.5 Å². The normalized spacial score (nSPS) is 10.5. The quantitative estimate of drug-likeness (QED) is 0.395. The summed E-state index contributed by atoms with van der Waals surface area (Å²) in [6.07, 6.45) is 2.24. The van der Waals surface area contributed by atoms with E-state index in [1.165, 1.54) is 0 Å². The Bertz CT molecular complexity index is 819. The second-order valence-electron chi connectivity index (χ2n) is 4.18. The molecule has 0 fully saturated rings. The van der Waals surface area contributed by atoms with Gasteiger partial charge in [0.15, 0.2) is 5.16 Å². The molecule has 23 heavy (non-hydrogen) atoms. The van der Waals surface area contributed by atoms with E-state index in [2.05, 4.69) is 20.2 Å². The summed E-state index contributed by atoms with van der Waals surface area (Å²) in [5, 5.41) is 18.9. The SMILES string of the molecule is COc1ccc(-c2nnc(Sc3ncc([N+](=O)[O-])cn3)o2)cc1. The van der Waals surface area contributed by atoms with Gasteiger partial charge in [0.25, 0.3) is 5.22 Å². The average molecular weight is 331 g/mol. The van der Waals surface area contributed by atoms with Crippen molar-refractivity contribution in [2.75, 3.05) is 7.11 Å². The van der Waals surface area contributed by atoms with Crippen LogP contribution in [0.5, 0.6) is 5.75 Å². The lowest BCUT2D eigenvalue weighted by Crippen LogP contribution is -1.92. The number of nitro groups is 1. The molecule has 0 aliphatic carbocycles. The molecular formula is C13H9N5O4S. The maximum Gasteiger partial charge on any atom is 0.305 e. The molecule has 0 aliphatic rings. The summed E-state index contributed by atoms with van der Waals surface area (Å²) in [7, 11) is 1.58. The fourth-order valence-corrected chi connectivity index (χ4v) is 2.20. The van der Waals surface area contributed by atoms with Gasteiger partial charge in [-0.15, -0.1) is 10.2 Å². The Morgan fingerprint density at radius 2 is 1.87 bits per heavy atom. The Morgan fingerprint density at radius 3 is 2.48 bits per heavy atom. The molecule has 0 spiro atoms. The maximum atomic E-state index is 10.5. The Hall–Kier alpha value is -3.01. The predicted molar refractivity (Wildman–Crippen MR) is 79.1 cm³/mol. The highest BCUT2D eigenvalue weighted by Crippen LogP contribution is 2.28. The molecule has 0 unspecified atom stereocenters. The molecule has 116 valence electrons. The Kier molecular flexibility index (Phi) is 4.15. The van der Waals surface area contributed by atoms with Crippen molar-refractivity contribution in [2.45, 2.75) is 10.4 Å². The highest BCUT2D eigenvalue weighted by atomic mass is 32.2. The van der Waals surface area contributed by atoms with Crippen LogP contribution in [0.3, 0.4) is 0 Å². The van der Waals surface area contributed by atoms with Crippen molar-refractivity contribution in [2.24, 2.45) is 0 Å². The van der Waals surface area contributed by atoms with E-state index in [-0.39, 0.29) is 16.1 Å². The number of ether oxygens (including phenoxy) is 1. The third-order valence-electron chi connectivity index (χ3n) is 2.75. The lowest BCUT2D eigenvalue weighted by molar-refractivity contribution is -0.385. The van der Waals surface area contributed by atoms with Crippen LogP contribution in [0.4, 0.5) is 5.69 Å². The number of hydrogen-bond acceptors (Lipinski definition) is 9. The van der Waals surface area contributed by atoms with Crippen molar-refractivity contribution in [3.05, 3.63) is 46.8 Å². The summed E-state index contributed by atoms with van der Waals surface area (Å²) >= 11 is 1.02. The van der Waals surface area contributed by atoms with Gasteiger partial charge in [0.05, 0.1) is 12.0 Å². The Morgan fingerprint density at radius 1 is 1.17 bits per heavy atom. The van der Waals surface area contributed by atoms with Gasteiger partial charge in [-0.25, -0.2) is 9.97 Å². The maximum absolute atomic E-state index is 10.5. The lowest BCUT2D eigenvalue weighted by Gasteiger charge is -1.99. The predicted octanol–water partition coefficient (Wildman–Crippen LogP) is 2.59. The van der Waals surface area contributed by atoms with Crippen LogP contribution in [-0.4, -0.2) is 32.2 Å². The molecule has 10 heteroatoms. The van der Waals surface area contributed by atoms with E-state index in [0.29, 0.717) is 5.89 Å². The number of hydrogen-bond donors (Lipinski definition) is 0. The van der Waals surface area contributed by atoms with Gasteiger partial charge in [0.2, 0.25) is 5.89 Å². The first-order valence-corrected chi connectivity index (χ1v) is 7.09. The molecule has 0 saturated heterocycles. The summed E-state index contributed by atoms with van der Waals surface area (Å²) in [4.78, 5) is 17.7. The first-order valence-electron chi connectivity index (χ1n) is 6.28. The summed E-state index contributed by atoms with van der Waals surface area (Å²) in [6, 6.07) is 7.16. The van der Waals surface area contributed by atoms with Crippen LogP contribution in [-0.2, 0) is 0 Å². The number of aromatic nitrogens is 4. The molecule has 0 aliphatic heterocycles. The monoisotopic (exact) mass is 331 g/mol. The third kappa shape index (κ3) is 3.43. The van der Waals surface area contributed by atoms with Crippen molar-refractivity contribution in [3.8, 4) is 17.2 Å². The Labute approximate surface area is 133 Å². The van der Waals surface area contributed by atoms with Crippen molar-refractivity contribution < 1.29 is 14.1 Å². The second kappa shape index (κ2) is 6.40. The summed E-state index contributed by atoms with van der Waals surface area (Å²) in [6.45, 7) is 0. The molecule has 2 aromatic heterocycles. The topological polar surface area (TPSA) is 117 Å². The van der Waals surface area contributed by atoms with Crippen molar-refractivity contribution in [1.82, 2.24) is 20.2 Å². The van der Waals surface area contributed by atoms with Gasteiger partial charge in [-0.3, -0.25) is 10.1 Å². The van der Waals surface area contributed by atoms with E-state index in [0.717, 1.165) is 35.5 Å². The van der Waals surface area contributed by atoms with Gasteiger partial charge >= 0.3 is 5.69 Å². The molecule has 2 heterocycles. The molecule has 0 amide bonds. The highest BCUT2D eigenvalue weighted by Gasteiger charge is 2.13. The minimum absolute atomic E-state index is 0.182. The molecule has 3 aromatic rings. The molecule has 3 rings (SSSR count). The Balaban J connectivity index is 1.74. The molecule has 9 nitrogen and oxygen atoms in total. The molecule has 0 bridgehead atoms. The standard InChI is InChI=1S/C13H9N5O4S/c1-21-10-4-2-8(3-5-10)11-16-17-13(22-11)23-12-14-6-9(7-15-12)18(19)20/h2-7H,1H3. The zero-order valence-electron chi connectivity index (χ0n) is 11.7. The van der Waals surface area contributed by atoms with Crippen LogP contribution >= 0.6 is 11.8 Å². The molecular weight excluding hydrogens is 322 g/mol. The summed E-state index contributed by atoms with van der Waals surface area (Å²) < 4.78 is 10.6. The molecule has 0 radical (unpaired) electrons. The van der Waals surface area contributed by atoms with E-state index in [4.69, 9.17) is 9.15 Å². The number of benzene rings is 1. The van der Waals surface area contributed by atoms with E-state index in [9.17, 15) is 10.1 Å². The first kappa shape index (κ1) is 14.9. The molecule has 0 atom stereocenters. The van der Waals surface area contributed by atoms with Crippen LogP contribution in [0.1, 0.15) is 0 Å². The van der Waals surface area contributed by atoms with E-state index in [1.807, 2.05) is 0 Å².